The van der Waals surface area contributed by atoms with E-state index in [0.29, 0.717) is 11.5 Å². The average molecular weight is 183 g/mol. The van der Waals surface area contributed by atoms with Crippen molar-refractivity contribution in [3.05, 3.63) is 0 Å². The first kappa shape index (κ1) is 9.47. The van der Waals surface area contributed by atoms with Gasteiger partial charge < -0.3 is 10.5 Å². The van der Waals surface area contributed by atoms with Crippen molar-refractivity contribution in [2.24, 2.45) is 22.5 Å². The van der Waals surface area contributed by atoms with Gasteiger partial charge in [0.1, 0.15) is 0 Å². The molecule has 2 rings (SSSR count). The molecule has 0 radical (unpaired) electrons. The van der Waals surface area contributed by atoms with E-state index in [2.05, 4.69) is 13.8 Å². The number of hydrogen-bond donors (Lipinski definition) is 1. The summed E-state index contributed by atoms with van der Waals surface area (Å²) in [6.07, 6.45) is 3.82. The molecule has 0 heterocycles. The Hall–Kier alpha value is -0.0800. The molecule has 2 aliphatic carbocycles. The second-order valence-corrected chi connectivity index (χ2v) is 5.39. The Balaban J connectivity index is 2.31. The number of rotatable bonds is 2. The normalized spacial score (nSPS) is 47.1. The summed E-state index contributed by atoms with van der Waals surface area (Å²) in [5.74, 6) is 0.831. The third-order valence-electron chi connectivity index (χ3n) is 4.89. The molecule has 0 aromatic heterocycles. The SMILES string of the molecule is COC[C@]12CC[C@H](C[C@@H]1N)C2(C)C. The lowest BCUT2D eigenvalue weighted by Crippen LogP contribution is -2.46. The predicted molar refractivity (Wildman–Crippen MR) is 53.4 cm³/mol. The lowest BCUT2D eigenvalue weighted by atomic mass is 9.68. The van der Waals surface area contributed by atoms with Crippen LogP contribution in [0.25, 0.3) is 0 Å². The Morgan fingerprint density at radius 2 is 2.15 bits per heavy atom. The fourth-order valence-electron chi connectivity index (χ4n) is 3.75. The first-order valence-electron chi connectivity index (χ1n) is 5.29. The van der Waals surface area contributed by atoms with Gasteiger partial charge in [-0.25, -0.2) is 0 Å². The van der Waals surface area contributed by atoms with E-state index in [4.69, 9.17) is 10.5 Å². The van der Waals surface area contributed by atoms with Crippen LogP contribution >= 0.6 is 0 Å². The molecule has 2 nitrogen and oxygen atoms in total. The van der Waals surface area contributed by atoms with Gasteiger partial charge in [0.15, 0.2) is 0 Å². The lowest BCUT2D eigenvalue weighted by molar-refractivity contribution is 0.00948. The number of ether oxygens (including phenoxy) is 1. The summed E-state index contributed by atoms with van der Waals surface area (Å²) in [5.41, 5.74) is 6.90. The summed E-state index contributed by atoms with van der Waals surface area (Å²) in [7, 11) is 1.79. The van der Waals surface area contributed by atoms with Crippen molar-refractivity contribution in [3.8, 4) is 0 Å². The van der Waals surface area contributed by atoms with Crippen molar-refractivity contribution in [1.82, 2.24) is 0 Å². The zero-order valence-corrected chi connectivity index (χ0v) is 8.97. The second-order valence-electron chi connectivity index (χ2n) is 5.39. The molecule has 0 aliphatic heterocycles. The molecule has 2 bridgehead atoms. The van der Waals surface area contributed by atoms with Crippen molar-refractivity contribution >= 4 is 0 Å². The third kappa shape index (κ3) is 0.962. The van der Waals surface area contributed by atoms with Crippen LogP contribution in [0.2, 0.25) is 0 Å². The van der Waals surface area contributed by atoms with E-state index < -0.39 is 0 Å². The largest absolute Gasteiger partial charge is 0.384 e. The van der Waals surface area contributed by atoms with E-state index in [1.54, 1.807) is 7.11 Å². The molecule has 13 heavy (non-hydrogen) atoms. The van der Waals surface area contributed by atoms with Crippen molar-refractivity contribution in [2.75, 3.05) is 13.7 Å². The minimum Gasteiger partial charge on any atom is -0.384 e. The zero-order chi connectivity index (χ0) is 9.69. The second kappa shape index (κ2) is 2.71. The van der Waals surface area contributed by atoms with E-state index in [9.17, 15) is 0 Å². The van der Waals surface area contributed by atoms with Crippen molar-refractivity contribution in [2.45, 2.75) is 39.2 Å². The Kier molecular flexibility index (Phi) is 1.97. The number of hydrogen-bond acceptors (Lipinski definition) is 2. The maximum Gasteiger partial charge on any atom is 0.0538 e. The first-order chi connectivity index (χ1) is 6.04. The van der Waals surface area contributed by atoms with Crippen LogP contribution in [0, 0.1) is 16.7 Å². The maximum atomic E-state index is 6.24. The molecule has 0 saturated heterocycles. The molecule has 3 atom stereocenters. The maximum absolute atomic E-state index is 6.24. The van der Waals surface area contributed by atoms with Gasteiger partial charge in [-0.1, -0.05) is 13.8 Å². The topological polar surface area (TPSA) is 35.2 Å². The van der Waals surface area contributed by atoms with Crippen LogP contribution < -0.4 is 5.73 Å². The third-order valence-corrected chi connectivity index (χ3v) is 4.89. The molecule has 76 valence electrons. The molecule has 2 heteroatoms. The van der Waals surface area contributed by atoms with Crippen LogP contribution in [0.4, 0.5) is 0 Å². The number of nitrogens with two attached hydrogens (primary N) is 1. The van der Waals surface area contributed by atoms with E-state index >= 15 is 0 Å². The number of fused-ring (bicyclic) bond motifs is 2. The molecule has 0 aromatic rings. The molecule has 0 unspecified atom stereocenters. The first-order valence-corrected chi connectivity index (χ1v) is 5.29. The zero-order valence-electron chi connectivity index (χ0n) is 8.97. The monoisotopic (exact) mass is 183 g/mol. The van der Waals surface area contributed by atoms with Gasteiger partial charge in [-0.2, -0.15) is 0 Å². The molecule has 2 aliphatic rings. The molecule has 2 saturated carbocycles. The Labute approximate surface area is 80.8 Å². The van der Waals surface area contributed by atoms with Gasteiger partial charge in [-0.3, -0.25) is 0 Å². The smallest absolute Gasteiger partial charge is 0.0538 e. The molecule has 0 aromatic carbocycles. The fourth-order valence-corrected chi connectivity index (χ4v) is 3.75. The fraction of sp³-hybridized carbons (Fsp3) is 1.00. The van der Waals surface area contributed by atoms with Crippen molar-refractivity contribution in [1.29, 1.82) is 0 Å². The van der Waals surface area contributed by atoms with Crippen LogP contribution in [0.1, 0.15) is 33.1 Å². The van der Waals surface area contributed by atoms with Crippen LogP contribution in [0.5, 0.6) is 0 Å². The summed E-state index contributed by atoms with van der Waals surface area (Å²) >= 11 is 0. The van der Waals surface area contributed by atoms with Crippen LogP contribution in [0.3, 0.4) is 0 Å². The summed E-state index contributed by atoms with van der Waals surface area (Å²) in [5, 5.41) is 0. The van der Waals surface area contributed by atoms with Crippen LogP contribution in [0.15, 0.2) is 0 Å². The molecule has 2 N–H and O–H groups in total. The van der Waals surface area contributed by atoms with Gasteiger partial charge in [0, 0.05) is 18.6 Å². The van der Waals surface area contributed by atoms with Gasteiger partial charge in [0.05, 0.1) is 6.61 Å². The highest BCUT2D eigenvalue weighted by atomic mass is 16.5. The minimum absolute atomic E-state index is 0.270. The summed E-state index contributed by atoms with van der Waals surface area (Å²) in [4.78, 5) is 0. The summed E-state index contributed by atoms with van der Waals surface area (Å²) in [6.45, 7) is 5.59. The van der Waals surface area contributed by atoms with Crippen molar-refractivity contribution in [3.63, 3.8) is 0 Å². The van der Waals surface area contributed by atoms with Crippen LogP contribution in [-0.4, -0.2) is 19.8 Å². The highest BCUT2D eigenvalue weighted by molar-refractivity contribution is 5.14. The standard InChI is InChI=1S/C11H21NO/c1-10(2)8-4-5-11(10,7-13-3)9(12)6-8/h8-9H,4-7,12H2,1-3H3/t8-,9+,11-/m1/s1. The highest BCUT2D eigenvalue weighted by Gasteiger charge is 2.62. The average Bonchev–Trinajstić information content (AvgIpc) is 2.38. The lowest BCUT2D eigenvalue weighted by Gasteiger charge is -2.40. The van der Waals surface area contributed by atoms with Gasteiger partial charge in [0.25, 0.3) is 0 Å². The van der Waals surface area contributed by atoms with Gasteiger partial charge in [0.2, 0.25) is 0 Å². The highest BCUT2D eigenvalue weighted by Crippen LogP contribution is 2.65. The summed E-state index contributed by atoms with van der Waals surface area (Å²) < 4.78 is 5.37. The molecular weight excluding hydrogens is 162 g/mol. The van der Waals surface area contributed by atoms with E-state index in [0.717, 1.165) is 12.5 Å². The minimum atomic E-state index is 0.270. The van der Waals surface area contributed by atoms with Gasteiger partial charge in [-0.15, -0.1) is 0 Å². The van der Waals surface area contributed by atoms with Gasteiger partial charge >= 0.3 is 0 Å². The van der Waals surface area contributed by atoms with Crippen molar-refractivity contribution < 1.29 is 4.74 Å². The van der Waals surface area contributed by atoms with Crippen LogP contribution in [-0.2, 0) is 4.74 Å². The van der Waals surface area contributed by atoms with Gasteiger partial charge in [-0.05, 0) is 30.6 Å². The molecular formula is C11H21NO. The summed E-state index contributed by atoms with van der Waals surface area (Å²) in [6, 6.07) is 0.362. The quantitative estimate of drug-likeness (QED) is 0.708. The predicted octanol–water partition coefficient (Wildman–Crippen LogP) is 1.79. The Bertz CT molecular complexity index is 214. The Morgan fingerprint density at radius 3 is 2.54 bits per heavy atom. The van der Waals surface area contributed by atoms with E-state index in [1.807, 2.05) is 0 Å². The molecule has 2 fully saturated rings. The van der Waals surface area contributed by atoms with E-state index in [-0.39, 0.29) is 5.41 Å². The molecule has 0 spiro atoms. The Morgan fingerprint density at radius 1 is 1.46 bits per heavy atom. The van der Waals surface area contributed by atoms with E-state index in [1.165, 1.54) is 19.3 Å². The number of methoxy groups -OCH3 is 1. The molecule has 0 amide bonds.